The summed E-state index contributed by atoms with van der Waals surface area (Å²) in [6, 6.07) is 15.0. The van der Waals surface area contributed by atoms with Crippen molar-refractivity contribution in [2.24, 2.45) is 0 Å². The van der Waals surface area contributed by atoms with Crippen molar-refractivity contribution in [3.63, 3.8) is 0 Å². The number of halogens is 2. The van der Waals surface area contributed by atoms with E-state index in [0.717, 1.165) is 0 Å². The number of anilines is 2. The zero-order valence-electron chi connectivity index (χ0n) is 20.0. The molecule has 4 rings (SSSR count). The van der Waals surface area contributed by atoms with E-state index in [1.807, 2.05) is 0 Å². The molecule has 0 saturated carbocycles. The van der Waals surface area contributed by atoms with E-state index in [1.165, 1.54) is 38.2 Å². The first-order chi connectivity index (χ1) is 17.7. The summed E-state index contributed by atoms with van der Waals surface area (Å²) >= 11 is 12.4. The Kier molecular flexibility index (Phi) is 7.42. The fourth-order valence-electron chi connectivity index (χ4n) is 4.20. The zero-order chi connectivity index (χ0) is 26.9. The number of aliphatic hydroxyl groups excluding tert-OH is 1. The lowest BCUT2D eigenvalue weighted by Gasteiger charge is -2.26. The van der Waals surface area contributed by atoms with E-state index in [0.29, 0.717) is 22.7 Å². The van der Waals surface area contributed by atoms with Crippen LogP contribution in [0.15, 0.2) is 66.2 Å². The number of aliphatic hydroxyl groups is 1. The standard InChI is InChI=1S/C27H22Cl2N2O6/c1-14(32)30-17-6-8-18(9-7-17)31-23(15-4-10-19(36-2)11-5-15)22(25(34)27(31)35)24(33)20-12-16(28)13-21(29)26(20)37-3/h4-13,23,33H,1-3H3,(H,30,32)/b24-22+. The molecule has 1 heterocycles. The van der Waals surface area contributed by atoms with Crippen LogP contribution in [0.2, 0.25) is 10.0 Å². The summed E-state index contributed by atoms with van der Waals surface area (Å²) in [5.74, 6) is -1.81. The van der Waals surface area contributed by atoms with Crippen LogP contribution in [0.1, 0.15) is 24.1 Å². The molecule has 37 heavy (non-hydrogen) atoms. The second kappa shape index (κ2) is 10.5. The van der Waals surface area contributed by atoms with Crippen LogP contribution in [0.3, 0.4) is 0 Å². The van der Waals surface area contributed by atoms with Gasteiger partial charge in [-0.15, -0.1) is 0 Å². The van der Waals surface area contributed by atoms with E-state index in [1.54, 1.807) is 48.5 Å². The third-order valence-corrected chi connectivity index (χ3v) is 6.31. The van der Waals surface area contributed by atoms with Crippen LogP contribution in [0.4, 0.5) is 11.4 Å². The van der Waals surface area contributed by atoms with Gasteiger partial charge >= 0.3 is 0 Å². The lowest BCUT2D eigenvalue weighted by Crippen LogP contribution is -2.29. The molecule has 1 aliphatic rings. The molecule has 8 nitrogen and oxygen atoms in total. The Labute approximate surface area is 223 Å². The maximum atomic E-state index is 13.4. The van der Waals surface area contributed by atoms with Crippen LogP contribution in [-0.2, 0) is 14.4 Å². The number of ketones is 1. The first-order valence-corrected chi connectivity index (χ1v) is 11.8. The van der Waals surface area contributed by atoms with E-state index in [9.17, 15) is 19.5 Å². The summed E-state index contributed by atoms with van der Waals surface area (Å²) in [4.78, 5) is 39.4. The number of Topliss-reactive ketones (excluding diaryl/α,β-unsaturated/α-hetero) is 1. The van der Waals surface area contributed by atoms with Crippen molar-refractivity contribution in [3.8, 4) is 11.5 Å². The molecule has 2 N–H and O–H groups in total. The van der Waals surface area contributed by atoms with Crippen molar-refractivity contribution in [1.29, 1.82) is 0 Å². The highest BCUT2D eigenvalue weighted by atomic mass is 35.5. The molecular weight excluding hydrogens is 519 g/mol. The van der Waals surface area contributed by atoms with E-state index in [4.69, 9.17) is 32.7 Å². The maximum absolute atomic E-state index is 13.4. The summed E-state index contributed by atoms with van der Waals surface area (Å²) in [5, 5.41) is 14.4. The molecule has 1 unspecified atom stereocenters. The number of benzene rings is 3. The molecule has 3 aromatic carbocycles. The molecule has 1 fully saturated rings. The highest BCUT2D eigenvalue weighted by molar-refractivity contribution is 6.52. The molecule has 0 radical (unpaired) electrons. The van der Waals surface area contributed by atoms with Crippen LogP contribution in [0.25, 0.3) is 5.76 Å². The van der Waals surface area contributed by atoms with Gasteiger partial charge in [0.2, 0.25) is 5.91 Å². The first-order valence-electron chi connectivity index (χ1n) is 11.0. The Morgan fingerprint density at radius 1 is 0.973 bits per heavy atom. The van der Waals surface area contributed by atoms with Gasteiger partial charge < -0.3 is 19.9 Å². The molecule has 1 atom stereocenters. The lowest BCUT2D eigenvalue weighted by atomic mass is 9.94. The predicted molar refractivity (Wildman–Crippen MR) is 142 cm³/mol. The Morgan fingerprint density at radius 3 is 2.19 bits per heavy atom. The Balaban J connectivity index is 1.93. The number of nitrogens with zero attached hydrogens (tertiary/aromatic N) is 1. The highest BCUT2D eigenvalue weighted by Crippen LogP contribution is 2.45. The molecule has 190 valence electrons. The van der Waals surface area contributed by atoms with Gasteiger partial charge in [-0.1, -0.05) is 35.3 Å². The average molecular weight is 541 g/mol. The van der Waals surface area contributed by atoms with Crippen molar-refractivity contribution < 1.29 is 29.0 Å². The summed E-state index contributed by atoms with van der Waals surface area (Å²) in [6.07, 6.45) is 0. The van der Waals surface area contributed by atoms with Gasteiger partial charge in [0.1, 0.15) is 17.3 Å². The number of hydrogen-bond donors (Lipinski definition) is 2. The predicted octanol–water partition coefficient (Wildman–Crippen LogP) is 5.60. The van der Waals surface area contributed by atoms with Gasteiger partial charge in [0.05, 0.1) is 36.4 Å². The first kappa shape index (κ1) is 26.1. The largest absolute Gasteiger partial charge is 0.507 e. The SMILES string of the molecule is COc1ccc(C2/C(=C(\O)c3cc(Cl)cc(Cl)c3OC)C(=O)C(=O)N2c2ccc(NC(C)=O)cc2)cc1. The summed E-state index contributed by atoms with van der Waals surface area (Å²) in [6.45, 7) is 1.38. The molecule has 0 aliphatic carbocycles. The van der Waals surface area contributed by atoms with Crippen molar-refractivity contribution in [2.75, 3.05) is 24.4 Å². The Morgan fingerprint density at radius 2 is 1.62 bits per heavy atom. The van der Waals surface area contributed by atoms with E-state index < -0.39 is 23.5 Å². The van der Waals surface area contributed by atoms with Crippen molar-refractivity contribution >= 4 is 57.9 Å². The maximum Gasteiger partial charge on any atom is 0.300 e. The van der Waals surface area contributed by atoms with Gasteiger partial charge in [0.25, 0.3) is 11.7 Å². The van der Waals surface area contributed by atoms with Crippen LogP contribution >= 0.6 is 23.2 Å². The summed E-state index contributed by atoms with van der Waals surface area (Å²) in [5.41, 5.74) is 1.34. The third-order valence-electron chi connectivity index (χ3n) is 5.81. The van der Waals surface area contributed by atoms with Crippen molar-refractivity contribution in [1.82, 2.24) is 0 Å². The Bertz CT molecular complexity index is 1420. The minimum atomic E-state index is -1.00. The topological polar surface area (TPSA) is 105 Å². The quantitative estimate of drug-likeness (QED) is 0.239. The second-order valence-electron chi connectivity index (χ2n) is 8.14. The molecule has 0 aromatic heterocycles. The number of rotatable bonds is 6. The number of nitrogens with one attached hydrogen (secondary N) is 1. The van der Waals surface area contributed by atoms with E-state index in [2.05, 4.69) is 5.32 Å². The van der Waals surface area contributed by atoms with Gasteiger partial charge in [-0.2, -0.15) is 0 Å². The third kappa shape index (κ3) is 4.98. The van der Waals surface area contributed by atoms with Gasteiger partial charge in [-0.3, -0.25) is 19.3 Å². The van der Waals surface area contributed by atoms with E-state index in [-0.39, 0.29) is 32.8 Å². The van der Waals surface area contributed by atoms with Crippen LogP contribution in [-0.4, -0.2) is 36.9 Å². The van der Waals surface area contributed by atoms with Gasteiger partial charge in [-0.25, -0.2) is 0 Å². The molecular formula is C27H22Cl2N2O6. The summed E-state index contributed by atoms with van der Waals surface area (Å²) < 4.78 is 10.6. The minimum absolute atomic E-state index is 0.0671. The second-order valence-corrected chi connectivity index (χ2v) is 8.98. The van der Waals surface area contributed by atoms with Crippen LogP contribution < -0.4 is 19.7 Å². The molecule has 1 saturated heterocycles. The Hall–Kier alpha value is -4.01. The molecule has 0 spiro atoms. The monoisotopic (exact) mass is 540 g/mol. The van der Waals surface area contributed by atoms with Crippen LogP contribution in [0, 0.1) is 0 Å². The fourth-order valence-corrected chi connectivity index (χ4v) is 4.77. The summed E-state index contributed by atoms with van der Waals surface area (Å²) in [7, 11) is 2.88. The molecule has 1 aliphatic heterocycles. The number of methoxy groups -OCH3 is 2. The van der Waals surface area contributed by atoms with Gasteiger partial charge in [0, 0.05) is 23.3 Å². The molecule has 0 bridgehead atoms. The smallest absolute Gasteiger partial charge is 0.300 e. The molecule has 2 amide bonds. The van der Waals surface area contributed by atoms with Gasteiger partial charge in [-0.05, 0) is 54.1 Å². The minimum Gasteiger partial charge on any atom is -0.507 e. The molecule has 10 heteroatoms. The van der Waals surface area contributed by atoms with Gasteiger partial charge in [0.15, 0.2) is 0 Å². The van der Waals surface area contributed by atoms with Crippen molar-refractivity contribution in [3.05, 3.63) is 87.4 Å². The average Bonchev–Trinajstić information content (AvgIpc) is 3.13. The van der Waals surface area contributed by atoms with Crippen molar-refractivity contribution in [2.45, 2.75) is 13.0 Å². The fraction of sp³-hybridized carbons (Fsp3) is 0.148. The highest BCUT2D eigenvalue weighted by Gasteiger charge is 2.47. The number of carbonyl (C=O) groups excluding carboxylic acids is 3. The lowest BCUT2D eigenvalue weighted by molar-refractivity contribution is -0.132. The zero-order valence-corrected chi connectivity index (χ0v) is 21.6. The normalized spacial score (nSPS) is 16.6. The van der Waals surface area contributed by atoms with Crippen LogP contribution in [0.5, 0.6) is 11.5 Å². The number of carbonyl (C=O) groups is 3. The number of hydrogen-bond acceptors (Lipinski definition) is 6. The molecule has 3 aromatic rings. The van der Waals surface area contributed by atoms with E-state index >= 15 is 0 Å². The number of ether oxygens (including phenoxy) is 2. The number of amides is 2.